The summed E-state index contributed by atoms with van der Waals surface area (Å²) in [5.41, 5.74) is 6.62. The van der Waals surface area contributed by atoms with Crippen molar-refractivity contribution in [2.24, 2.45) is 0 Å². The molecule has 6 nitrogen and oxygen atoms in total. The van der Waals surface area contributed by atoms with Crippen molar-refractivity contribution in [1.29, 1.82) is 0 Å². The van der Waals surface area contributed by atoms with Crippen LogP contribution in [-0.4, -0.2) is 32.0 Å². The van der Waals surface area contributed by atoms with Crippen LogP contribution in [0.5, 0.6) is 5.75 Å². The highest BCUT2D eigenvalue weighted by atomic mass is 16.5. The molecule has 3 N–H and O–H groups in total. The van der Waals surface area contributed by atoms with Crippen molar-refractivity contribution in [3.05, 3.63) is 18.2 Å². The maximum absolute atomic E-state index is 12.1. The molecular weight excluding hydrogens is 246 g/mol. The van der Waals surface area contributed by atoms with Gasteiger partial charge in [-0.3, -0.25) is 9.59 Å². The highest BCUT2D eigenvalue weighted by molar-refractivity contribution is 6.17. The Labute approximate surface area is 111 Å². The molecule has 0 spiro atoms. The lowest BCUT2D eigenvalue weighted by Gasteiger charge is -2.28. The van der Waals surface area contributed by atoms with E-state index in [4.69, 9.17) is 10.5 Å². The molecule has 1 aliphatic rings. The van der Waals surface area contributed by atoms with Gasteiger partial charge in [0.05, 0.1) is 5.69 Å². The maximum atomic E-state index is 12.1. The van der Waals surface area contributed by atoms with E-state index in [0.29, 0.717) is 30.0 Å². The molecule has 2 amide bonds. The zero-order chi connectivity index (χ0) is 13.8. The van der Waals surface area contributed by atoms with Gasteiger partial charge in [-0.15, -0.1) is 0 Å². The minimum absolute atomic E-state index is 0.116. The lowest BCUT2D eigenvalue weighted by atomic mass is 10.2. The van der Waals surface area contributed by atoms with Gasteiger partial charge in [0, 0.05) is 12.1 Å². The Kier molecular flexibility index (Phi) is 4.01. The first kappa shape index (κ1) is 13.4. The molecular formula is C13H17N3O3. The zero-order valence-electron chi connectivity index (χ0n) is 10.8. The third-order valence-electron chi connectivity index (χ3n) is 2.89. The highest BCUT2D eigenvalue weighted by Gasteiger charge is 2.30. The molecule has 1 aliphatic heterocycles. The SMILES string of the molecule is CNCCCC(=O)N1C(=O)COc2ccc(N)cc21. The normalized spacial score (nSPS) is 13.9. The van der Waals surface area contributed by atoms with Crippen LogP contribution >= 0.6 is 0 Å². The van der Waals surface area contributed by atoms with Gasteiger partial charge in [-0.1, -0.05) is 0 Å². The molecule has 6 heteroatoms. The van der Waals surface area contributed by atoms with Crippen LogP contribution in [0.15, 0.2) is 18.2 Å². The molecule has 0 fully saturated rings. The maximum Gasteiger partial charge on any atom is 0.271 e. The predicted molar refractivity (Wildman–Crippen MR) is 72.0 cm³/mol. The minimum atomic E-state index is -0.354. The van der Waals surface area contributed by atoms with Gasteiger partial charge in [0.1, 0.15) is 5.75 Å². The fourth-order valence-electron chi connectivity index (χ4n) is 1.97. The van der Waals surface area contributed by atoms with Crippen LogP contribution in [0.2, 0.25) is 0 Å². The number of anilines is 2. The molecule has 0 atom stereocenters. The van der Waals surface area contributed by atoms with Crippen molar-refractivity contribution in [3.8, 4) is 5.75 Å². The number of fused-ring (bicyclic) bond motifs is 1. The average Bonchev–Trinajstić information content (AvgIpc) is 2.38. The van der Waals surface area contributed by atoms with Gasteiger partial charge in [0.2, 0.25) is 5.91 Å². The molecule has 19 heavy (non-hydrogen) atoms. The molecule has 1 aromatic rings. The summed E-state index contributed by atoms with van der Waals surface area (Å²) in [6, 6.07) is 4.94. The Morgan fingerprint density at radius 2 is 2.32 bits per heavy atom. The number of amides is 2. The molecule has 102 valence electrons. The van der Waals surface area contributed by atoms with E-state index in [2.05, 4.69) is 5.32 Å². The van der Waals surface area contributed by atoms with Crippen LogP contribution in [-0.2, 0) is 9.59 Å². The highest BCUT2D eigenvalue weighted by Crippen LogP contribution is 2.34. The number of hydrogen-bond acceptors (Lipinski definition) is 5. The Morgan fingerprint density at radius 1 is 1.53 bits per heavy atom. The summed E-state index contributed by atoms with van der Waals surface area (Å²) >= 11 is 0. The van der Waals surface area contributed by atoms with Crippen LogP contribution in [0.1, 0.15) is 12.8 Å². The molecule has 1 aromatic carbocycles. The van der Waals surface area contributed by atoms with Gasteiger partial charge in [-0.2, -0.15) is 0 Å². The Hall–Kier alpha value is -2.08. The number of nitrogens with two attached hydrogens (primary N) is 1. The zero-order valence-corrected chi connectivity index (χ0v) is 10.8. The van der Waals surface area contributed by atoms with E-state index in [1.807, 2.05) is 7.05 Å². The monoisotopic (exact) mass is 263 g/mol. The van der Waals surface area contributed by atoms with Crippen LogP contribution in [0.3, 0.4) is 0 Å². The van der Waals surface area contributed by atoms with Crippen LogP contribution in [0, 0.1) is 0 Å². The van der Waals surface area contributed by atoms with Crippen molar-refractivity contribution < 1.29 is 14.3 Å². The summed E-state index contributed by atoms with van der Waals surface area (Å²) in [5.74, 6) is -0.0706. The Bertz CT molecular complexity index is 502. The van der Waals surface area contributed by atoms with Gasteiger partial charge >= 0.3 is 0 Å². The van der Waals surface area contributed by atoms with Gasteiger partial charge in [0.15, 0.2) is 6.61 Å². The van der Waals surface area contributed by atoms with E-state index < -0.39 is 0 Å². The lowest BCUT2D eigenvalue weighted by Crippen LogP contribution is -2.43. The largest absolute Gasteiger partial charge is 0.482 e. The van der Waals surface area contributed by atoms with Crippen molar-refractivity contribution in [3.63, 3.8) is 0 Å². The van der Waals surface area contributed by atoms with Crippen LogP contribution in [0.25, 0.3) is 0 Å². The Morgan fingerprint density at radius 3 is 3.05 bits per heavy atom. The van der Waals surface area contributed by atoms with Gasteiger partial charge in [-0.25, -0.2) is 4.90 Å². The fourth-order valence-corrected chi connectivity index (χ4v) is 1.97. The van der Waals surface area contributed by atoms with Crippen molar-refractivity contribution in [2.75, 3.05) is 30.8 Å². The van der Waals surface area contributed by atoms with E-state index in [9.17, 15) is 9.59 Å². The second-order valence-electron chi connectivity index (χ2n) is 4.35. The molecule has 2 rings (SSSR count). The summed E-state index contributed by atoms with van der Waals surface area (Å²) < 4.78 is 5.29. The molecule has 0 radical (unpaired) electrons. The molecule has 0 saturated heterocycles. The predicted octanol–water partition coefficient (Wildman–Crippen LogP) is 0.520. The number of carbonyl (C=O) groups excluding carboxylic acids is 2. The van der Waals surface area contributed by atoms with Gasteiger partial charge < -0.3 is 15.8 Å². The molecule has 0 saturated carbocycles. The topological polar surface area (TPSA) is 84.7 Å². The van der Waals surface area contributed by atoms with Crippen LogP contribution < -0.4 is 20.7 Å². The second-order valence-corrected chi connectivity index (χ2v) is 4.35. The molecule has 1 heterocycles. The summed E-state index contributed by atoms with van der Waals surface area (Å²) in [6.07, 6.45) is 0.985. The number of nitrogens with one attached hydrogen (secondary N) is 1. The van der Waals surface area contributed by atoms with Gasteiger partial charge in [-0.05, 0) is 38.2 Å². The number of imide groups is 1. The first-order valence-electron chi connectivity index (χ1n) is 6.16. The standard InChI is InChI=1S/C13H17N3O3/c1-15-6-2-3-12(17)16-10-7-9(14)4-5-11(10)19-8-13(16)18/h4-5,7,15H,2-3,6,8,14H2,1H3. The minimum Gasteiger partial charge on any atom is -0.482 e. The summed E-state index contributed by atoms with van der Waals surface area (Å²) in [4.78, 5) is 25.2. The van der Waals surface area contributed by atoms with E-state index in [0.717, 1.165) is 6.54 Å². The number of nitrogens with zero attached hydrogens (tertiary/aromatic N) is 1. The quantitative estimate of drug-likeness (QED) is 0.611. The Balaban J connectivity index is 2.22. The number of benzene rings is 1. The van der Waals surface area contributed by atoms with E-state index >= 15 is 0 Å². The molecule has 0 aliphatic carbocycles. The number of rotatable bonds is 4. The third kappa shape index (κ3) is 2.85. The number of nitrogen functional groups attached to an aromatic ring is 1. The summed E-state index contributed by atoms with van der Waals surface area (Å²) in [6.45, 7) is 0.614. The molecule has 0 unspecified atom stereocenters. The fraction of sp³-hybridized carbons (Fsp3) is 0.385. The van der Waals surface area contributed by atoms with Gasteiger partial charge in [0.25, 0.3) is 5.91 Å². The van der Waals surface area contributed by atoms with Crippen molar-refractivity contribution in [2.45, 2.75) is 12.8 Å². The van der Waals surface area contributed by atoms with E-state index in [1.54, 1.807) is 18.2 Å². The molecule has 0 bridgehead atoms. The average molecular weight is 263 g/mol. The van der Waals surface area contributed by atoms with E-state index in [1.165, 1.54) is 4.90 Å². The number of ether oxygens (including phenoxy) is 1. The van der Waals surface area contributed by atoms with Crippen molar-refractivity contribution in [1.82, 2.24) is 5.32 Å². The lowest BCUT2D eigenvalue weighted by molar-refractivity contribution is -0.128. The number of carbonyl (C=O) groups is 2. The van der Waals surface area contributed by atoms with Crippen LogP contribution in [0.4, 0.5) is 11.4 Å². The second kappa shape index (κ2) is 5.71. The smallest absolute Gasteiger partial charge is 0.271 e. The first-order valence-corrected chi connectivity index (χ1v) is 6.16. The first-order chi connectivity index (χ1) is 9.13. The number of hydrogen-bond donors (Lipinski definition) is 2. The summed E-state index contributed by atoms with van der Waals surface area (Å²) in [5, 5.41) is 2.97. The summed E-state index contributed by atoms with van der Waals surface area (Å²) in [7, 11) is 1.82. The molecule has 0 aromatic heterocycles. The third-order valence-corrected chi connectivity index (χ3v) is 2.89. The van der Waals surface area contributed by atoms with Crippen molar-refractivity contribution >= 4 is 23.2 Å². The van der Waals surface area contributed by atoms with E-state index in [-0.39, 0.29) is 18.4 Å².